The molecule has 19 heavy (non-hydrogen) atoms. The first-order valence-corrected chi connectivity index (χ1v) is 5.10. The van der Waals surface area contributed by atoms with E-state index in [0.717, 1.165) is 0 Å². The van der Waals surface area contributed by atoms with Crippen molar-refractivity contribution in [3.05, 3.63) is 29.8 Å². The third kappa shape index (κ3) is 6.30. The molecule has 108 valence electrons. The van der Waals surface area contributed by atoms with E-state index in [2.05, 4.69) is 4.74 Å². The van der Waals surface area contributed by atoms with Gasteiger partial charge in [-0.25, -0.2) is 0 Å². The number of amides is 1. The second-order valence-electron chi connectivity index (χ2n) is 3.65. The number of carbonyl (C=O) groups is 1. The summed E-state index contributed by atoms with van der Waals surface area (Å²) in [5.74, 6) is -0.537. The fourth-order valence-corrected chi connectivity index (χ4v) is 1.31. The molecular formula is C11H14ClF3N2O2. The molecule has 1 aromatic rings. The van der Waals surface area contributed by atoms with E-state index in [1.54, 1.807) is 7.05 Å². The van der Waals surface area contributed by atoms with E-state index in [1.165, 1.54) is 29.2 Å². The van der Waals surface area contributed by atoms with Crippen LogP contribution in [0.3, 0.4) is 0 Å². The number of benzene rings is 1. The van der Waals surface area contributed by atoms with Gasteiger partial charge in [-0.2, -0.15) is 0 Å². The van der Waals surface area contributed by atoms with Gasteiger partial charge in [0.05, 0.1) is 6.54 Å². The summed E-state index contributed by atoms with van der Waals surface area (Å²) in [6.45, 7) is 0.175. The molecule has 0 aliphatic rings. The molecule has 0 aliphatic heterocycles. The van der Waals surface area contributed by atoms with Gasteiger partial charge in [0, 0.05) is 13.6 Å². The molecule has 8 heteroatoms. The van der Waals surface area contributed by atoms with Crippen LogP contribution in [-0.4, -0.2) is 30.8 Å². The van der Waals surface area contributed by atoms with Crippen LogP contribution in [0.5, 0.6) is 5.75 Å². The Labute approximate surface area is 114 Å². The highest BCUT2D eigenvalue weighted by molar-refractivity contribution is 5.85. The predicted octanol–water partition coefficient (Wildman–Crippen LogP) is 1.92. The Morgan fingerprint density at radius 2 is 1.84 bits per heavy atom. The summed E-state index contributed by atoms with van der Waals surface area (Å²) in [6, 6.07) is 5.32. The second-order valence-corrected chi connectivity index (χ2v) is 3.65. The normalized spacial score (nSPS) is 10.6. The Morgan fingerprint density at radius 1 is 1.32 bits per heavy atom. The van der Waals surface area contributed by atoms with E-state index in [0.29, 0.717) is 5.56 Å². The van der Waals surface area contributed by atoms with Gasteiger partial charge >= 0.3 is 6.36 Å². The van der Waals surface area contributed by atoms with Crippen LogP contribution in [0.2, 0.25) is 0 Å². The third-order valence-corrected chi connectivity index (χ3v) is 2.18. The summed E-state index contributed by atoms with van der Waals surface area (Å²) < 4.78 is 39.5. The van der Waals surface area contributed by atoms with Crippen molar-refractivity contribution in [3.63, 3.8) is 0 Å². The molecule has 0 aliphatic carbocycles. The number of rotatable bonds is 4. The molecule has 0 spiro atoms. The Morgan fingerprint density at radius 3 is 2.26 bits per heavy atom. The van der Waals surface area contributed by atoms with Gasteiger partial charge in [-0.05, 0) is 17.7 Å². The Hall–Kier alpha value is -1.47. The number of alkyl halides is 3. The Balaban J connectivity index is 0.00000324. The first-order valence-electron chi connectivity index (χ1n) is 5.10. The van der Waals surface area contributed by atoms with Gasteiger partial charge in [0.1, 0.15) is 5.75 Å². The summed E-state index contributed by atoms with van der Waals surface area (Å²) in [7, 11) is 1.56. The topological polar surface area (TPSA) is 55.6 Å². The lowest BCUT2D eigenvalue weighted by atomic mass is 10.2. The van der Waals surface area contributed by atoms with Crippen molar-refractivity contribution in [2.45, 2.75) is 12.9 Å². The monoisotopic (exact) mass is 298 g/mol. The second kappa shape index (κ2) is 7.20. The first kappa shape index (κ1) is 17.5. The molecule has 0 saturated carbocycles. The number of hydrogen-bond acceptors (Lipinski definition) is 3. The summed E-state index contributed by atoms with van der Waals surface area (Å²) in [5.41, 5.74) is 5.87. The summed E-state index contributed by atoms with van der Waals surface area (Å²) in [4.78, 5) is 12.6. The molecule has 1 aromatic carbocycles. The van der Waals surface area contributed by atoms with Crippen molar-refractivity contribution in [1.29, 1.82) is 0 Å². The molecule has 0 heterocycles. The summed E-state index contributed by atoms with van der Waals surface area (Å²) in [6.07, 6.45) is -4.70. The SMILES string of the molecule is CN(Cc1ccc(OC(F)(F)F)cc1)C(=O)CN.Cl. The number of ether oxygens (including phenoxy) is 1. The van der Waals surface area contributed by atoms with Crippen LogP contribution in [-0.2, 0) is 11.3 Å². The molecule has 0 unspecified atom stereocenters. The highest BCUT2D eigenvalue weighted by Crippen LogP contribution is 2.22. The minimum Gasteiger partial charge on any atom is -0.406 e. The van der Waals surface area contributed by atoms with Crippen LogP contribution < -0.4 is 10.5 Å². The van der Waals surface area contributed by atoms with Crippen LogP contribution in [0.1, 0.15) is 5.56 Å². The molecular weight excluding hydrogens is 285 g/mol. The Kier molecular flexibility index (Phi) is 6.64. The van der Waals surface area contributed by atoms with Crippen molar-refractivity contribution in [1.82, 2.24) is 4.90 Å². The van der Waals surface area contributed by atoms with E-state index in [1.807, 2.05) is 0 Å². The molecule has 0 fully saturated rings. The minimum absolute atomic E-state index is 0. The zero-order valence-corrected chi connectivity index (χ0v) is 10.9. The molecule has 1 amide bonds. The average Bonchev–Trinajstić information content (AvgIpc) is 2.28. The van der Waals surface area contributed by atoms with Gasteiger partial charge in [0.25, 0.3) is 0 Å². The van der Waals surface area contributed by atoms with Gasteiger partial charge in [-0.15, -0.1) is 25.6 Å². The smallest absolute Gasteiger partial charge is 0.406 e. The van der Waals surface area contributed by atoms with E-state index in [-0.39, 0.29) is 37.2 Å². The maximum Gasteiger partial charge on any atom is 0.573 e. The van der Waals surface area contributed by atoms with E-state index in [4.69, 9.17) is 5.73 Å². The van der Waals surface area contributed by atoms with Crippen LogP contribution in [0.15, 0.2) is 24.3 Å². The molecule has 0 saturated heterocycles. The van der Waals surface area contributed by atoms with Crippen molar-refractivity contribution >= 4 is 18.3 Å². The first-order chi connectivity index (χ1) is 8.31. The molecule has 0 bridgehead atoms. The van der Waals surface area contributed by atoms with Crippen molar-refractivity contribution in [2.75, 3.05) is 13.6 Å². The third-order valence-electron chi connectivity index (χ3n) is 2.18. The zero-order chi connectivity index (χ0) is 13.8. The largest absolute Gasteiger partial charge is 0.573 e. The minimum atomic E-state index is -4.70. The molecule has 1 rings (SSSR count). The molecule has 0 radical (unpaired) electrons. The van der Waals surface area contributed by atoms with Crippen LogP contribution in [0, 0.1) is 0 Å². The van der Waals surface area contributed by atoms with Crippen molar-refractivity contribution in [3.8, 4) is 5.75 Å². The standard InChI is InChI=1S/C11H13F3N2O2.ClH/c1-16(10(17)6-15)7-8-2-4-9(5-3-8)18-11(12,13)14;/h2-5H,6-7,15H2,1H3;1H. The fraction of sp³-hybridized carbons (Fsp3) is 0.364. The molecule has 0 aromatic heterocycles. The quantitative estimate of drug-likeness (QED) is 0.924. The maximum atomic E-state index is 11.9. The van der Waals surface area contributed by atoms with Gasteiger partial charge in [-0.3, -0.25) is 4.79 Å². The number of nitrogens with zero attached hydrogens (tertiary/aromatic N) is 1. The Bertz CT molecular complexity index is 409. The van der Waals surface area contributed by atoms with Gasteiger partial charge in [0.2, 0.25) is 5.91 Å². The molecule has 4 nitrogen and oxygen atoms in total. The molecule has 0 atom stereocenters. The van der Waals surface area contributed by atoms with E-state index in [9.17, 15) is 18.0 Å². The number of likely N-dealkylation sites (N-methyl/N-ethyl adjacent to an activating group) is 1. The summed E-state index contributed by atoms with van der Waals surface area (Å²) >= 11 is 0. The van der Waals surface area contributed by atoms with Gasteiger partial charge < -0.3 is 15.4 Å². The highest BCUT2D eigenvalue weighted by atomic mass is 35.5. The van der Waals surface area contributed by atoms with Crippen molar-refractivity contribution in [2.24, 2.45) is 5.73 Å². The van der Waals surface area contributed by atoms with E-state index >= 15 is 0 Å². The van der Waals surface area contributed by atoms with E-state index < -0.39 is 6.36 Å². The number of halogens is 4. The highest BCUT2D eigenvalue weighted by Gasteiger charge is 2.30. The zero-order valence-electron chi connectivity index (χ0n) is 10.1. The van der Waals surface area contributed by atoms with Crippen LogP contribution >= 0.6 is 12.4 Å². The lowest BCUT2D eigenvalue weighted by Gasteiger charge is -2.16. The number of carbonyl (C=O) groups excluding carboxylic acids is 1. The number of nitrogens with two attached hydrogens (primary N) is 1. The van der Waals surface area contributed by atoms with Crippen LogP contribution in [0.4, 0.5) is 13.2 Å². The van der Waals surface area contributed by atoms with Gasteiger partial charge in [-0.1, -0.05) is 12.1 Å². The average molecular weight is 299 g/mol. The predicted molar refractivity (Wildman–Crippen MR) is 65.9 cm³/mol. The molecule has 2 N–H and O–H groups in total. The lowest BCUT2D eigenvalue weighted by Crippen LogP contribution is -2.32. The lowest BCUT2D eigenvalue weighted by molar-refractivity contribution is -0.274. The van der Waals surface area contributed by atoms with Gasteiger partial charge in [0.15, 0.2) is 0 Å². The fourth-order valence-electron chi connectivity index (χ4n) is 1.31. The van der Waals surface area contributed by atoms with Crippen LogP contribution in [0.25, 0.3) is 0 Å². The van der Waals surface area contributed by atoms with Crippen molar-refractivity contribution < 1.29 is 22.7 Å². The summed E-state index contributed by atoms with van der Waals surface area (Å²) in [5, 5.41) is 0. The maximum absolute atomic E-state index is 11.9. The number of hydrogen-bond donors (Lipinski definition) is 1.